The largest absolute Gasteiger partial charge is 0.421 e. The van der Waals surface area contributed by atoms with Crippen molar-refractivity contribution < 1.29 is 14.5 Å². The zero-order chi connectivity index (χ0) is 11.5. The molecule has 0 aliphatic rings. The Balaban J connectivity index is 2.70. The molecule has 80 valence electrons. The van der Waals surface area contributed by atoms with Gasteiger partial charge in [0.15, 0.2) is 0 Å². The van der Waals surface area contributed by atoms with Crippen LogP contribution in [0, 0.1) is 10.1 Å². The van der Waals surface area contributed by atoms with Crippen LogP contribution in [0.15, 0.2) is 36.4 Å². The Kier molecular flexibility index (Phi) is 2.51. The summed E-state index contributed by atoms with van der Waals surface area (Å²) >= 11 is 0. The number of nitro benzene ring substituents is 1. The molecule has 0 heterocycles. The Labute approximate surface area is 90.4 Å². The Bertz CT molecular complexity index is 565. The fourth-order valence-corrected chi connectivity index (χ4v) is 1.50. The second-order valence-corrected chi connectivity index (χ2v) is 3.14. The van der Waals surface area contributed by atoms with Crippen LogP contribution in [-0.2, 0) is 4.79 Å². The van der Waals surface area contributed by atoms with Crippen molar-refractivity contribution in [2.75, 3.05) is 0 Å². The molecule has 0 aromatic heterocycles. The highest BCUT2D eigenvalue weighted by molar-refractivity contribution is 5.87. The average molecular weight is 217 g/mol. The van der Waals surface area contributed by atoms with Crippen molar-refractivity contribution in [2.24, 2.45) is 0 Å². The molecule has 2 rings (SSSR count). The molecule has 5 heteroatoms. The number of hydrogen-bond acceptors (Lipinski definition) is 4. The predicted molar refractivity (Wildman–Crippen MR) is 57.3 cm³/mol. The molecule has 0 saturated heterocycles. The van der Waals surface area contributed by atoms with Gasteiger partial charge in [0.1, 0.15) is 0 Å². The van der Waals surface area contributed by atoms with Gasteiger partial charge in [0.05, 0.1) is 4.92 Å². The monoisotopic (exact) mass is 217 g/mol. The van der Waals surface area contributed by atoms with Crippen molar-refractivity contribution in [3.05, 3.63) is 46.5 Å². The fourth-order valence-electron chi connectivity index (χ4n) is 1.50. The van der Waals surface area contributed by atoms with Crippen LogP contribution < -0.4 is 4.74 Å². The molecule has 0 unspecified atom stereocenters. The van der Waals surface area contributed by atoms with Gasteiger partial charge in [0, 0.05) is 6.07 Å². The quantitative estimate of drug-likeness (QED) is 0.449. The number of nitro groups is 1. The topological polar surface area (TPSA) is 69.4 Å². The first-order valence-corrected chi connectivity index (χ1v) is 4.50. The second kappa shape index (κ2) is 3.98. The number of hydrogen-bond donors (Lipinski definition) is 0. The summed E-state index contributed by atoms with van der Waals surface area (Å²) in [6.45, 7) is 0.178. The first-order valence-electron chi connectivity index (χ1n) is 4.50. The maximum absolute atomic E-state index is 10.7. The number of ether oxygens (including phenoxy) is 1. The lowest BCUT2D eigenvalue weighted by atomic mass is 10.1. The molecule has 2 aromatic rings. The van der Waals surface area contributed by atoms with Crippen LogP contribution in [0.4, 0.5) is 5.69 Å². The van der Waals surface area contributed by atoms with Crippen molar-refractivity contribution >= 4 is 22.9 Å². The van der Waals surface area contributed by atoms with Gasteiger partial charge in [-0.15, -0.1) is 0 Å². The predicted octanol–water partition coefficient (Wildman–Crippen LogP) is 2.28. The highest BCUT2D eigenvalue weighted by Gasteiger charge is 2.16. The molecule has 0 atom stereocenters. The van der Waals surface area contributed by atoms with Crippen molar-refractivity contribution in [1.29, 1.82) is 0 Å². The minimum absolute atomic E-state index is 0.0429. The van der Waals surface area contributed by atoms with E-state index in [0.717, 1.165) is 10.8 Å². The lowest BCUT2D eigenvalue weighted by molar-refractivity contribution is -0.385. The molecule has 0 amide bonds. The molecule has 0 aliphatic carbocycles. The maximum Gasteiger partial charge on any atom is 0.312 e. The zero-order valence-corrected chi connectivity index (χ0v) is 8.12. The molecule has 16 heavy (non-hydrogen) atoms. The van der Waals surface area contributed by atoms with Gasteiger partial charge in [-0.05, 0) is 16.8 Å². The third-order valence-corrected chi connectivity index (χ3v) is 2.20. The van der Waals surface area contributed by atoms with E-state index in [4.69, 9.17) is 0 Å². The van der Waals surface area contributed by atoms with Crippen molar-refractivity contribution in [3.8, 4) is 5.75 Å². The minimum atomic E-state index is -0.578. The van der Waals surface area contributed by atoms with Gasteiger partial charge in [-0.25, -0.2) is 0 Å². The smallest absolute Gasteiger partial charge is 0.312 e. The van der Waals surface area contributed by atoms with Crippen molar-refractivity contribution in [3.63, 3.8) is 0 Å². The van der Waals surface area contributed by atoms with E-state index in [2.05, 4.69) is 4.74 Å². The lowest BCUT2D eigenvalue weighted by Crippen LogP contribution is -1.96. The second-order valence-electron chi connectivity index (χ2n) is 3.14. The van der Waals surface area contributed by atoms with Crippen LogP contribution in [0.5, 0.6) is 5.75 Å². The Morgan fingerprint density at radius 2 is 1.81 bits per heavy atom. The Morgan fingerprint density at radius 3 is 2.38 bits per heavy atom. The van der Waals surface area contributed by atoms with E-state index < -0.39 is 4.92 Å². The summed E-state index contributed by atoms with van der Waals surface area (Å²) in [6, 6.07) is 9.99. The van der Waals surface area contributed by atoms with E-state index in [0.29, 0.717) is 0 Å². The molecule has 5 nitrogen and oxygen atoms in total. The van der Waals surface area contributed by atoms with E-state index in [1.807, 2.05) is 0 Å². The number of rotatable bonds is 3. The summed E-state index contributed by atoms with van der Waals surface area (Å²) in [5, 5.41) is 12.3. The first kappa shape index (κ1) is 10.1. The number of carbonyl (C=O) groups excluding carboxylic acids is 1. The van der Waals surface area contributed by atoms with Crippen molar-refractivity contribution in [2.45, 2.75) is 0 Å². The summed E-state index contributed by atoms with van der Waals surface area (Å²) in [7, 11) is 0. The molecule has 0 aliphatic heterocycles. The van der Waals surface area contributed by atoms with Crippen LogP contribution in [0.1, 0.15) is 0 Å². The number of nitrogens with zero attached hydrogens (tertiary/aromatic N) is 1. The molecule has 0 bridgehead atoms. The number of carbonyl (C=O) groups is 1. The molecule has 0 radical (unpaired) electrons. The normalized spacial score (nSPS) is 10.0. The molecular weight excluding hydrogens is 210 g/mol. The third-order valence-electron chi connectivity index (χ3n) is 2.20. The van der Waals surface area contributed by atoms with Gasteiger partial charge < -0.3 is 4.74 Å². The summed E-state index contributed by atoms with van der Waals surface area (Å²) < 4.78 is 4.58. The first-order chi connectivity index (χ1) is 7.72. The van der Waals surface area contributed by atoms with Crippen LogP contribution in [0.25, 0.3) is 10.8 Å². The van der Waals surface area contributed by atoms with E-state index >= 15 is 0 Å². The molecule has 0 saturated carbocycles. The van der Waals surface area contributed by atoms with E-state index in [9.17, 15) is 14.9 Å². The summed E-state index contributed by atoms with van der Waals surface area (Å²) in [5.41, 5.74) is -0.217. The van der Waals surface area contributed by atoms with E-state index in [1.165, 1.54) is 12.1 Å². The van der Waals surface area contributed by atoms with Gasteiger partial charge in [0.2, 0.25) is 5.75 Å². The standard InChI is InChI=1S/C11H7NO4/c13-7-16-11-6-9-4-2-1-3-8(9)5-10(11)12(14)15/h1-7H. The third kappa shape index (κ3) is 1.70. The number of benzene rings is 2. The van der Waals surface area contributed by atoms with Crippen LogP contribution in [0.3, 0.4) is 0 Å². The molecule has 0 fully saturated rings. The van der Waals surface area contributed by atoms with Crippen LogP contribution >= 0.6 is 0 Å². The maximum atomic E-state index is 10.7. The molecule has 2 aromatic carbocycles. The van der Waals surface area contributed by atoms with Gasteiger partial charge in [-0.2, -0.15) is 0 Å². The average Bonchev–Trinajstić information content (AvgIpc) is 2.28. The Hall–Kier alpha value is -2.43. The minimum Gasteiger partial charge on any atom is -0.421 e. The lowest BCUT2D eigenvalue weighted by Gasteiger charge is -2.02. The molecule has 0 spiro atoms. The Morgan fingerprint density at radius 1 is 1.19 bits per heavy atom. The summed E-state index contributed by atoms with van der Waals surface area (Å²) in [4.78, 5) is 20.4. The summed E-state index contributed by atoms with van der Waals surface area (Å²) in [6.07, 6.45) is 0. The molecular formula is C11H7NO4. The summed E-state index contributed by atoms with van der Waals surface area (Å²) in [5.74, 6) is -0.0429. The zero-order valence-electron chi connectivity index (χ0n) is 8.12. The van der Waals surface area contributed by atoms with Gasteiger partial charge in [-0.3, -0.25) is 14.9 Å². The van der Waals surface area contributed by atoms with Gasteiger partial charge in [0.25, 0.3) is 6.47 Å². The SMILES string of the molecule is O=COc1cc2ccccc2cc1[N+](=O)[O-]. The number of fused-ring (bicyclic) bond motifs is 1. The van der Waals surface area contributed by atoms with Crippen molar-refractivity contribution in [1.82, 2.24) is 0 Å². The highest BCUT2D eigenvalue weighted by Crippen LogP contribution is 2.31. The van der Waals surface area contributed by atoms with E-state index in [1.54, 1.807) is 24.3 Å². The molecule has 0 N–H and O–H groups in total. The van der Waals surface area contributed by atoms with Crippen LogP contribution in [0.2, 0.25) is 0 Å². The van der Waals surface area contributed by atoms with Gasteiger partial charge in [-0.1, -0.05) is 24.3 Å². The van der Waals surface area contributed by atoms with E-state index in [-0.39, 0.29) is 17.9 Å². The van der Waals surface area contributed by atoms with Crippen LogP contribution in [-0.4, -0.2) is 11.4 Å². The fraction of sp³-hybridized carbons (Fsp3) is 0. The van der Waals surface area contributed by atoms with Gasteiger partial charge >= 0.3 is 5.69 Å². The highest BCUT2D eigenvalue weighted by atomic mass is 16.6.